The number of sulfonamides is 1. The molecule has 1 fully saturated rings. The Morgan fingerprint density at radius 1 is 0.975 bits per heavy atom. The number of benzene rings is 3. The minimum absolute atomic E-state index is 0.00113. The molecule has 1 heterocycles. The van der Waals surface area contributed by atoms with Gasteiger partial charge in [-0.1, -0.05) is 60.1 Å². The van der Waals surface area contributed by atoms with Crippen molar-refractivity contribution < 1.29 is 22.7 Å². The van der Waals surface area contributed by atoms with Gasteiger partial charge in [-0.3, -0.25) is 9.10 Å². The van der Waals surface area contributed by atoms with E-state index >= 15 is 0 Å². The van der Waals surface area contributed by atoms with E-state index in [9.17, 15) is 18.0 Å². The Hall–Kier alpha value is -3.56. The van der Waals surface area contributed by atoms with Crippen LogP contribution in [0.4, 0.5) is 16.2 Å². The minimum atomic E-state index is -4.04. The molecule has 0 saturated carbocycles. The van der Waals surface area contributed by atoms with Crippen molar-refractivity contribution in [3.05, 3.63) is 89.4 Å². The average molecular weight is 584 g/mol. The predicted octanol–water partition coefficient (Wildman–Crippen LogP) is 6.32. The lowest BCUT2D eigenvalue weighted by Crippen LogP contribution is -2.43. The Kier molecular flexibility index (Phi) is 9.05. The Balaban J connectivity index is 1.52. The number of halogens is 1. The van der Waals surface area contributed by atoms with Crippen molar-refractivity contribution >= 4 is 45.0 Å². The number of hydrogen-bond acceptors (Lipinski definition) is 5. The van der Waals surface area contributed by atoms with Crippen LogP contribution in [-0.2, 0) is 26.1 Å². The molecule has 8 nitrogen and oxygen atoms in total. The maximum atomic E-state index is 13.8. The maximum absolute atomic E-state index is 13.8. The lowest BCUT2D eigenvalue weighted by atomic mass is 9.96. The molecule has 4 rings (SSSR count). The lowest BCUT2D eigenvalue weighted by Gasteiger charge is -2.33. The summed E-state index contributed by atoms with van der Waals surface area (Å²) in [5.74, 6) is -0.459. The fourth-order valence-corrected chi connectivity index (χ4v) is 6.41. The number of ether oxygens (including phenoxy) is 1. The molecule has 0 aliphatic carbocycles. The summed E-state index contributed by atoms with van der Waals surface area (Å²) in [5.41, 5.74) is 1.08. The highest BCUT2D eigenvalue weighted by Gasteiger charge is 2.31. The highest BCUT2D eigenvalue weighted by atomic mass is 35.5. The summed E-state index contributed by atoms with van der Waals surface area (Å²) in [7, 11) is -4.04. The predicted molar refractivity (Wildman–Crippen MR) is 157 cm³/mol. The van der Waals surface area contributed by atoms with Gasteiger partial charge in [0.2, 0.25) is 5.91 Å². The van der Waals surface area contributed by atoms with E-state index in [0.29, 0.717) is 37.3 Å². The molecule has 2 amide bonds. The van der Waals surface area contributed by atoms with Gasteiger partial charge in [0.25, 0.3) is 10.0 Å². The van der Waals surface area contributed by atoms with Gasteiger partial charge in [-0.15, -0.1) is 0 Å². The van der Waals surface area contributed by atoms with Crippen LogP contribution < -0.4 is 9.62 Å². The summed E-state index contributed by atoms with van der Waals surface area (Å²) in [6, 6.07) is 22.3. The van der Waals surface area contributed by atoms with Crippen LogP contribution in [-0.4, -0.2) is 44.0 Å². The van der Waals surface area contributed by atoms with Crippen LogP contribution in [0.5, 0.6) is 0 Å². The molecule has 0 aromatic heterocycles. The molecule has 0 radical (unpaired) electrons. The van der Waals surface area contributed by atoms with Crippen molar-refractivity contribution in [3.63, 3.8) is 0 Å². The van der Waals surface area contributed by atoms with Gasteiger partial charge in [-0.25, -0.2) is 13.2 Å². The fraction of sp³-hybridized carbons (Fsp3) is 0.333. The molecule has 1 N–H and O–H groups in total. The number of piperidine rings is 1. The molecule has 0 atom stereocenters. The van der Waals surface area contributed by atoms with Crippen molar-refractivity contribution in [2.45, 2.75) is 50.7 Å². The molecule has 0 bridgehead atoms. The van der Waals surface area contributed by atoms with E-state index in [1.165, 1.54) is 10.4 Å². The molecule has 3 aromatic carbocycles. The van der Waals surface area contributed by atoms with E-state index in [1.54, 1.807) is 47.4 Å². The van der Waals surface area contributed by atoms with Crippen LogP contribution in [0, 0.1) is 5.92 Å². The highest BCUT2D eigenvalue weighted by molar-refractivity contribution is 7.93. The lowest BCUT2D eigenvalue weighted by molar-refractivity contribution is -0.121. The number of carbonyl (C=O) groups excluding carboxylic acids is 2. The Morgan fingerprint density at radius 3 is 2.27 bits per heavy atom. The normalized spacial score (nSPS) is 14.4. The number of carbonyl (C=O) groups is 2. The van der Waals surface area contributed by atoms with Crippen LogP contribution in [0.1, 0.15) is 39.2 Å². The molecule has 40 heavy (non-hydrogen) atoms. The van der Waals surface area contributed by atoms with Crippen LogP contribution in [0.2, 0.25) is 5.02 Å². The van der Waals surface area contributed by atoms with Gasteiger partial charge in [0, 0.05) is 24.7 Å². The largest absolute Gasteiger partial charge is 0.444 e. The maximum Gasteiger partial charge on any atom is 0.410 e. The Morgan fingerprint density at radius 2 is 1.62 bits per heavy atom. The molecular weight excluding hydrogens is 550 g/mol. The quantitative estimate of drug-likeness (QED) is 0.351. The second-order valence-electron chi connectivity index (χ2n) is 10.7. The molecule has 10 heteroatoms. The summed E-state index contributed by atoms with van der Waals surface area (Å²) in [6.07, 6.45) is 0.634. The highest BCUT2D eigenvalue weighted by Crippen LogP contribution is 2.32. The van der Waals surface area contributed by atoms with Gasteiger partial charge in [0.15, 0.2) is 0 Å². The first-order valence-corrected chi connectivity index (χ1v) is 15.0. The molecular formula is C30H34ClN3O5S. The molecule has 0 spiro atoms. The summed E-state index contributed by atoms with van der Waals surface area (Å²) in [5, 5.41) is 3.06. The average Bonchev–Trinajstić information content (AvgIpc) is 2.91. The van der Waals surface area contributed by atoms with Crippen LogP contribution in [0.15, 0.2) is 83.8 Å². The monoisotopic (exact) mass is 583 g/mol. The third-order valence-electron chi connectivity index (χ3n) is 6.49. The second kappa shape index (κ2) is 12.3. The molecule has 3 aromatic rings. The number of hydrogen-bond donors (Lipinski definition) is 1. The molecule has 1 saturated heterocycles. The number of anilines is 2. The van der Waals surface area contributed by atoms with Gasteiger partial charge in [0.05, 0.1) is 17.3 Å². The number of nitrogens with one attached hydrogen (secondary N) is 1. The summed E-state index contributed by atoms with van der Waals surface area (Å²) < 4.78 is 34.4. The third kappa shape index (κ3) is 7.34. The number of rotatable bonds is 7. The van der Waals surface area contributed by atoms with E-state index in [4.69, 9.17) is 16.3 Å². The summed E-state index contributed by atoms with van der Waals surface area (Å²) in [6.45, 7) is 6.39. The van der Waals surface area contributed by atoms with Gasteiger partial charge in [-0.05, 0) is 69.5 Å². The van der Waals surface area contributed by atoms with Crippen LogP contribution in [0.25, 0.3) is 0 Å². The van der Waals surface area contributed by atoms with Gasteiger partial charge < -0.3 is 15.0 Å². The second-order valence-corrected chi connectivity index (χ2v) is 12.9. The fourth-order valence-electron chi connectivity index (χ4n) is 4.47. The van der Waals surface area contributed by atoms with E-state index in [-0.39, 0.29) is 34.4 Å². The molecule has 212 valence electrons. The minimum Gasteiger partial charge on any atom is -0.444 e. The Labute approximate surface area is 240 Å². The smallest absolute Gasteiger partial charge is 0.410 e. The van der Waals surface area contributed by atoms with E-state index in [0.717, 1.165) is 5.56 Å². The van der Waals surface area contributed by atoms with E-state index in [1.807, 2.05) is 51.1 Å². The van der Waals surface area contributed by atoms with Crippen LogP contribution in [0.3, 0.4) is 0 Å². The number of likely N-dealkylation sites (tertiary alicyclic amines) is 1. The van der Waals surface area contributed by atoms with Crippen LogP contribution >= 0.6 is 11.6 Å². The topological polar surface area (TPSA) is 96.0 Å². The van der Waals surface area contributed by atoms with Crippen molar-refractivity contribution in [1.29, 1.82) is 0 Å². The van der Waals surface area contributed by atoms with E-state index in [2.05, 4.69) is 5.32 Å². The molecule has 1 aliphatic rings. The summed E-state index contributed by atoms with van der Waals surface area (Å²) >= 11 is 6.30. The zero-order valence-corrected chi connectivity index (χ0v) is 24.4. The Bertz CT molecular complexity index is 1450. The summed E-state index contributed by atoms with van der Waals surface area (Å²) in [4.78, 5) is 27.1. The van der Waals surface area contributed by atoms with E-state index < -0.39 is 15.6 Å². The van der Waals surface area contributed by atoms with Gasteiger partial charge in [-0.2, -0.15) is 0 Å². The SMILES string of the molecule is CC(C)(C)OC(=O)N1CCC(C(=O)Nc2cccc(N(Cc3ccccc3)S(=O)(=O)c3ccccc3Cl)c2)CC1. The first-order chi connectivity index (χ1) is 18.9. The van der Waals surface area contributed by atoms with Gasteiger partial charge in [0.1, 0.15) is 10.5 Å². The first kappa shape index (κ1) is 29.4. The third-order valence-corrected chi connectivity index (χ3v) is 8.77. The molecule has 0 unspecified atom stereocenters. The van der Waals surface area contributed by atoms with Crippen molar-refractivity contribution in [2.24, 2.45) is 5.92 Å². The molecule has 1 aliphatic heterocycles. The standard InChI is InChI=1S/C30H34ClN3O5S/c1-30(2,3)39-29(36)33-18-16-23(17-19-33)28(35)32-24-12-9-13-25(20-24)34(21-22-10-5-4-6-11-22)40(37,38)27-15-8-7-14-26(27)31/h4-15,20,23H,16-19,21H2,1-3H3,(H,32,35). The zero-order valence-electron chi connectivity index (χ0n) is 22.8. The van der Waals surface area contributed by atoms with Gasteiger partial charge >= 0.3 is 6.09 Å². The zero-order chi connectivity index (χ0) is 28.9. The first-order valence-electron chi connectivity index (χ1n) is 13.1. The number of amides is 2. The van der Waals surface area contributed by atoms with Crippen molar-refractivity contribution in [2.75, 3.05) is 22.7 Å². The number of nitrogens with zero attached hydrogens (tertiary/aromatic N) is 2. The van der Waals surface area contributed by atoms with Crippen molar-refractivity contribution in [3.8, 4) is 0 Å². The van der Waals surface area contributed by atoms with Crippen molar-refractivity contribution in [1.82, 2.24) is 4.90 Å².